The van der Waals surface area contributed by atoms with E-state index in [1.54, 1.807) is 7.11 Å². The minimum Gasteiger partial charge on any atom is -0.457 e. The van der Waals surface area contributed by atoms with Gasteiger partial charge in [-0.05, 0) is 37.7 Å². The maximum absolute atomic E-state index is 13.5. The van der Waals surface area contributed by atoms with E-state index < -0.39 is 36.4 Å². The number of benzene rings is 1. The molecule has 0 N–H and O–H groups in total. The molecule has 7 nitrogen and oxygen atoms in total. The zero-order chi connectivity index (χ0) is 24.5. The first-order valence-corrected chi connectivity index (χ1v) is 12.4. The quantitative estimate of drug-likeness (QED) is 0.591. The van der Waals surface area contributed by atoms with Crippen LogP contribution in [0.5, 0.6) is 0 Å². The molecule has 2 heterocycles. The first kappa shape index (κ1) is 24.2. The molecule has 5 rings (SSSR count). The number of esters is 1. The highest BCUT2D eigenvalue weighted by atomic mass is 16.8. The van der Waals surface area contributed by atoms with Crippen LogP contribution in [0, 0.1) is 22.7 Å². The number of fused-ring (bicyclic) bond motifs is 2. The number of carbonyl (C=O) groups excluding carboxylic acids is 1. The molecule has 0 amide bonds. The van der Waals surface area contributed by atoms with Gasteiger partial charge in [-0.2, -0.15) is 0 Å². The molecule has 0 unspecified atom stereocenters. The van der Waals surface area contributed by atoms with Gasteiger partial charge in [0.25, 0.3) is 0 Å². The lowest BCUT2D eigenvalue weighted by atomic mass is 9.46. The summed E-state index contributed by atoms with van der Waals surface area (Å²) in [4.78, 5) is 13.5. The zero-order valence-electron chi connectivity index (χ0n) is 21.3. The van der Waals surface area contributed by atoms with Crippen molar-refractivity contribution in [2.45, 2.75) is 90.1 Å². The Morgan fingerprint density at radius 2 is 1.71 bits per heavy atom. The third-order valence-corrected chi connectivity index (χ3v) is 8.77. The second-order valence-electron chi connectivity index (χ2n) is 11.6. The van der Waals surface area contributed by atoms with E-state index in [0.29, 0.717) is 0 Å². The summed E-state index contributed by atoms with van der Waals surface area (Å²) in [5.41, 5.74) is 0.460. The second kappa shape index (κ2) is 8.27. The Hall–Kier alpha value is -1.51. The summed E-state index contributed by atoms with van der Waals surface area (Å²) in [7, 11) is 3.18. The molecule has 4 fully saturated rings. The topological polar surface area (TPSA) is 72.5 Å². The molecule has 34 heavy (non-hydrogen) atoms. The SMILES string of the molecule is CO[C@@H]1O[C@H]2CCC(C)(C)[C@@H]3[C@@H]4OC(C)(C)O[C@@H]4[C@@H](OC(=O)[C@H](OC)c4ccccc4)[C@@H]1[C@@]23C. The van der Waals surface area contributed by atoms with Crippen molar-refractivity contribution in [1.29, 1.82) is 0 Å². The molecule has 9 atom stereocenters. The van der Waals surface area contributed by atoms with Gasteiger partial charge in [0.1, 0.15) is 12.2 Å². The van der Waals surface area contributed by atoms with Crippen molar-refractivity contribution in [1.82, 2.24) is 0 Å². The van der Waals surface area contributed by atoms with Crippen molar-refractivity contribution in [3.63, 3.8) is 0 Å². The van der Waals surface area contributed by atoms with Gasteiger partial charge in [0.15, 0.2) is 18.2 Å². The van der Waals surface area contributed by atoms with E-state index in [4.69, 9.17) is 28.4 Å². The number of carbonyl (C=O) groups is 1. The van der Waals surface area contributed by atoms with Crippen LogP contribution in [0.3, 0.4) is 0 Å². The van der Waals surface area contributed by atoms with E-state index in [1.165, 1.54) is 7.11 Å². The molecule has 0 bridgehead atoms. The Labute approximate surface area is 202 Å². The summed E-state index contributed by atoms with van der Waals surface area (Å²) in [6.45, 7) is 10.8. The number of methoxy groups -OCH3 is 2. The van der Waals surface area contributed by atoms with Crippen molar-refractivity contribution in [3.05, 3.63) is 35.9 Å². The molecule has 2 aliphatic heterocycles. The first-order valence-electron chi connectivity index (χ1n) is 12.4. The van der Waals surface area contributed by atoms with Crippen LogP contribution >= 0.6 is 0 Å². The standard InChI is InChI=1S/C27H38O7/c1-25(2)14-13-16-27(5)17(24(30-7)31-16)19(20-21(22(25)27)34-26(3,4)33-20)32-23(28)18(29-6)15-11-9-8-10-12-15/h8-12,16-22,24H,13-14H2,1-7H3/t16-,17-,18+,19-,20+,21+,22-,24+,27+/m0/s1. The molecule has 7 heteroatoms. The molecule has 2 saturated heterocycles. The number of hydrogen-bond acceptors (Lipinski definition) is 7. The van der Waals surface area contributed by atoms with E-state index in [1.807, 2.05) is 44.2 Å². The summed E-state index contributed by atoms with van der Waals surface area (Å²) >= 11 is 0. The van der Waals surface area contributed by atoms with Gasteiger partial charge in [-0.3, -0.25) is 0 Å². The molecule has 188 valence electrons. The summed E-state index contributed by atoms with van der Waals surface area (Å²) in [6.07, 6.45) is -0.594. The largest absolute Gasteiger partial charge is 0.457 e. The monoisotopic (exact) mass is 474 g/mol. The van der Waals surface area contributed by atoms with Gasteiger partial charge in [0.2, 0.25) is 0 Å². The molecule has 0 radical (unpaired) electrons. The first-order chi connectivity index (χ1) is 16.0. The van der Waals surface area contributed by atoms with Gasteiger partial charge in [-0.15, -0.1) is 0 Å². The van der Waals surface area contributed by atoms with Crippen LogP contribution in [0.15, 0.2) is 30.3 Å². The smallest absolute Gasteiger partial charge is 0.340 e. The molecule has 4 aliphatic rings. The van der Waals surface area contributed by atoms with Crippen LogP contribution in [-0.4, -0.2) is 56.7 Å². The Bertz CT molecular complexity index is 915. The average Bonchev–Trinajstić information content (AvgIpc) is 3.25. The van der Waals surface area contributed by atoms with Crippen molar-refractivity contribution in [3.8, 4) is 0 Å². The molecule has 1 aromatic carbocycles. The van der Waals surface area contributed by atoms with Crippen LogP contribution in [0.1, 0.15) is 59.1 Å². The Balaban J connectivity index is 1.56. The van der Waals surface area contributed by atoms with E-state index in [9.17, 15) is 4.79 Å². The Morgan fingerprint density at radius 1 is 1.03 bits per heavy atom. The van der Waals surface area contributed by atoms with Crippen LogP contribution in [-0.2, 0) is 33.2 Å². The number of hydrogen-bond donors (Lipinski definition) is 0. The second-order valence-corrected chi connectivity index (χ2v) is 11.6. The average molecular weight is 475 g/mol. The molecule has 2 saturated carbocycles. The maximum Gasteiger partial charge on any atom is 0.340 e. The van der Waals surface area contributed by atoms with Crippen LogP contribution in [0.2, 0.25) is 0 Å². The number of ether oxygens (including phenoxy) is 6. The minimum atomic E-state index is -0.831. The lowest BCUT2D eigenvalue weighted by Gasteiger charge is -2.60. The van der Waals surface area contributed by atoms with Crippen LogP contribution in [0.25, 0.3) is 0 Å². The van der Waals surface area contributed by atoms with Crippen LogP contribution in [0.4, 0.5) is 0 Å². The fraction of sp³-hybridized carbons (Fsp3) is 0.741. The maximum atomic E-state index is 13.5. The molecule has 2 aliphatic carbocycles. The van der Waals surface area contributed by atoms with Gasteiger partial charge in [0, 0.05) is 25.6 Å². The lowest BCUT2D eigenvalue weighted by Crippen LogP contribution is -2.67. The molecule has 0 aromatic heterocycles. The fourth-order valence-electron chi connectivity index (χ4n) is 7.56. The van der Waals surface area contributed by atoms with Crippen molar-refractivity contribution < 1.29 is 33.2 Å². The van der Waals surface area contributed by atoms with Crippen molar-refractivity contribution in [2.75, 3.05) is 14.2 Å². The van der Waals surface area contributed by atoms with E-state index in [0.717, 1.165) is 18.4 Å². The highest BCUT2D eigenvalue weighted by molar-refractivity contribution is 5.76. The van der Waals surface area contributed by atoms with E-state index in [2.05, 4.69) is 20.8 Å². The molecule has 0 spiro atoms. The van der Waals surface area contributed by atoms with Gasteiger partial charge in [0.05, 0.1) is 18.1 Å². The van der Waals surface area contributed by atoms with Gasteiger partial charge >= 0.3 is 5.97 Å². The number of rotatable bonds is 5. The Kier molecular flexibility index (Phi) is 5.89. The highest BCUT2D eigenvalue weighted by Gasteiger charge is 2.74. The summed E-state index contributed by atoms with van der Waals surface area (Å²) < 4.78 is 37.3. The molecule has 1 aromatic rings. The fourth-order valence-corrected chi connectivity index (χ4v) is 7.56. The molecular weight excluding hydrogens is 436 g/mol. The third-order valence-electron chi connectivity index (χ3n) is 8.77. The van der Waals surface area contributed by atoms with Crippen LogP contribution < -0.4 is 0 Å². The van der Waals surface area contributed by atoms with E-state index >= 15 is 0 Å². The summed E-state index contributed by atoms with van der Waals surface area (Å²) in [5, 5.41) is 0. The normalized spacial score (nSPS) is 42.5. The van der Waals surface area contributed by atoms with Gasteiger partial charge in [-0.1, -0.05) is 51.1 Å². The minimum absolute atomic E-state index is 0.00212. The lowest BCUT2D eigenvalue weighted by molar-refractivity contribution is -0.219. The molecular formula is C27H38O7. The third kappa shape index (κ3) is 3.54. The van der Waals surface area contributed by atoms with E-state index in [-0.39, 0.29) is 34.9 Å². The summed E-state index contributed by atoms with van der Waals surface area (Å²) in [5.74, 6) is -1.25. The van der Waals surface area contributed by atoms with Gasteiger partial charge < -0.3 is 28.4 Å². The van der Waals surface area contributed by atoms with Crippen molar-refractivity contribution in [2.24, 2.45) is 22.7 Å². The predicted molar refractivity (Wildman–Crippen MR) is 124 cm³/mol. The zero-order valence-corrected chi connectivity index (χ0v) is 21.3. The predicted octanol–water partition coefficient (Wildman–Crippen LogP) is 4.25. The van der Waals surface area contributed by atoms with Crippen molar-refractivity contribution >= 4 is 5.97 Å². The van der Waals surface area contributed by atoms with Gasteiger partial charge in [-0.25, -0.2) is 4.79 Å². The highest BCUT2D eigenvalue weighted by Crippen LogP contribution is 2.67. The summed E-state index contributed by atoms with van der Waals surface area (Å²) in [6, 6.07) is 9.40. The Morgan fingerprint density at radius 3 is 2.35 bits per heavy atom.